The van der Waals surface area contributed by atoms with Gasteiger partial charge in [-0.05, 0) is 56.4 Å². The molecule has 0 aliphatic rings. The Hall–Kier alpha value is -1.83. The van der Waals surface area contributed by atoms with E-state index in [1.165, 1.54) is 121 Å². The molecule has 0 saturated carbocycles. The Bertz CT molecular complexity index is 752. The summed E-state index contributed by atoms with van der Waals surface area (Å²) in [5.41, 5.74) is 1.31. The average Bonchev–Trinajstić information content (AvgIpc) is 2.94. The zero-order valence-electron chi connectivity index (χ0n) is 28.9. The number of allylic oxidation sites excluding steroid dienone is 8. The molecule has 0 aromatic rings. The predicted octanol–water partition coefficient (Wildman–Crippen LogP) is 13.1. The van der Waals surface area contributed by atoms with Crippen LogP contribution in [0.3, 0.4) is 0 Å². The van der Waals surface area contributed by atoms with Gasteiger partial charge in [0.15, 0.2) is 0 Å². The van der Waals surface area contributed by atoms with Gasteiger partial charge in [0.05, 0.1) is 0 Å². The Morgan fingerprint density at radius 1 is 0.619 bits per heavy atom. The molecule has 0 amide bonds. The Morgan fingerprint density at radius 2 is 1.14 bits per heavy atom. The highest BCUT2D eigenvalue weighted by Crippen LogP contribution is 2.22. The Balaban J connectivity index is 3.79. The van der Waals surface area contributed by atoms with Crippen molar-refractivity contribution in [2.75, 3.05) is 6.61 Å². The summed E-state index contributed by atoms with van der Waals surface area (Å²) in [5.74, 6) is 2.22. The van der Waals surface area contributed by atoms with Crippen molar-refractivity contribution in [2.45, 2.75) is 164 Å². The number of carbonyl (C=O) groups is 1. The Morgan fingerprint density at radius 3 is 1.76 bits per heavy atom. The third-order valence-corrected chi connectivity index (χ3v) is 8.20. The van der Waals surface area contributed by atoms with Crippen LogP contribution in [0.2, 0.25) is 0 Å². The molecular weight excluding hydrogens is 512 g/mol. The number of esters is 1. The largest absolute Gasteiger partial charge is 0.458 e. The number of carbonyl (C=O) groups excluding carboxylic acids is 1. The molecule has 0 spiro atoms. The average molecular weight is 583 g/mol. The lowest BCUT2D eigenvalue weighted by Crippen LogP contribution is -2.01. The van der Waals surface area contributed by atoms with Gasteiger partial charge in [0.2, 0.25) is 0 Å². The second-order valence-corrected chi connectivity index (χ2v) is 13.2. The minimum absolute atomic E-state index is 0.291. The molecule has 242 valence electrons. The molecule has 0 saturated heterocycles. The SMILES string of the molecule is CCCCCCCCCCCC=CC=CC=CC=CC(=O)OC/C=C(\C)CCC[C@H](C)CCC[C@H](C)CCCC(C)C. The van der Waals surface area contributed by atoms with E-state index in [9.17, 15) is 4.79 Å². The quantitative estimate of drug-likeness (QED) is 0.0301. The second-order valence-electron chi connectivity index (χ2n) is 13.2. The summed E-state index contributed by atoms with van der Waals surface area (Å²) in [5, 5.41) is 0. The van der Waals surface area contributed by atoms with E-state index < -0.39 is 0 Å². The lowest BCUT2D eigenvalue weighted by Gasteiger charge is -2.15. The summed E-state index contributed by atoms with van der Waals surface area (Å²) >= 11 is 0. The van der Waals surface area contributed by atoms with Crippen molar-refractivity contribution in [3.8, 4) is 0 Å². The van der Waals surface area contributed by atoms with Gasteiger partial charge in [0.25, 0.3) is 0 Å². The molecule has 0 aliphatic carbocycles. The maximum absolute atomic E-state index is 11.9. The molecule has 2 atom stereocenters. The lowest BCUT2D eigenvalue weighted by atomic mass is 9.91. The fourth-order valence-corrected chi connectivity index (χ4v) is 5.26. The number of rotatable bonds is 28. The predicted molar refractivity (Wildman–Crippen MR) is 188 cm³/mol. The van der Waals surface area contributed by atoms with Crippen molar-refractivity contribution in [1.82, 2.24) is 0 Å². The van der Waals surface area contributed by atoms with Gasteiger partial charge in [0, 0.05) is 6.08 Å². The van der Waals surface area contributed by atoms with Crippen LogP contribution < -0.4 is 0 Å². The molecule has 2 nitrogen and oxygen atoms in total. The standard InChI is InChI=1S/C40H70O2/c1-7-8-9-10-11-12-13-14-15-16-17-18-19-20-21-22-23-33-40(41)42-35-34-39(6)32-26-31-38(5)30-25-29-37(4)28-24-27-36(2)3/h17-23,33-34,36-38H,7-16,24-32,35H2,1-6H3/b18-17?,20-19?,22-21?,33-23?,39-34+/t37-,38-/m1/s1. The van der Waals surface area contributed by atoms with Crippen LogP contribution in [-0.4, -0.2) is 12.6 Å². The van der Waals surface area contributed by atoms with Crippen LogP contribution in [0.4, 0.5) is 0 Å². The van der Waals surface area contributed by atoms with Crippen LogP contribution in [0.1, 0.15) is 164 Å². The van der Waals surface area contributed by atoms with Crippen LogP contribution in [-0.2, 0) is 9.53 Å². The van der Waals surface area contributed by atoms with Crippen molar-refractivity contribution in [1.29, 1.82) is 0 Å². The van der Waals surface area contributed by atoms with E-state index in [-0.39, 0.29) is 5.97 Å². The van der Waals surface area contributed by atoms with Gasteiger partial charge in [-0.3, -0.25) is 0 Å². The second kappa shape index (κ2) is 30.6. The summed E-state index contributed by atoms with van der Waals surface area (Å²) in [4.78, 5) is 11.9. The molecule has 0 N–H and O–H groups in total. The summed E-state index contributed by atoms with van der Waals surface area (Å²) in [7, 11) is 0. The number of hydrogen-bond acceptors (Lipinski definition) is 2. The highest BCUT2D eigenvalue weighted by atomic mass is 16.5. The number of hydrogen-bond donors (Lipinski definition) is 0. The van der Waals surface area contributed by atoms with Gasteiger partial charge >= 0.3 is 5.97 Å². The van der Waals surface area contributed by atoms with Crippen LogP contribution in [0.15, 0.2) is 60.3 Å². The molecule has 0 heterocycles. The van der Waals surface area contributed by atoms with Crippen molar-refractivity contribution in [2.24, 2.45) is 17.8 Å². The molecule has 0 fully saturated rings. The first kappa shape index (κ1) is 40.2. The molecule has 0 bridgehead atoms. The number of ether oxygens (including phenoxy) is 1. The van der Waals surface area contributed by atoms with E-state index in [4.69, 9.17) is 4.74 Å². The first-order chi connectivity index (χ1) is 20.3. The Kier molecular flexibility index (Phi) is 29.3. The summed E-state index contributed by atoms with van der Waals surface area (Å²) < 4.78 is 5.32. The van der Waals surface area contributed by atoms with Crippen molar-refractivity contribution in [3.63, 3.8) is 0 Å². The van der Waals surface area contributed by atoms with Crippen LogP contribution in [0, 0.1) is 17.8 Å². The molecule has 0 unspecified atom stereocenters. The van der Waals surface area contributed by atoms with Gasteiger partial charge in [-0.25, -0.2) is 4.79 Å². The van der Waals surface area contributed by atoms with E-state index in [0.717, 1.165) is 30.6 Å². The molecule has 2 heteroatoms. The van der Waals surface area contributed by atoms with E-state index in [0.29, 0.717) is 6.61 Å². The van der Waals surface area contributed by atoms with Gasteiger partial charge < -0.3 is 4.74 Å². The monoisotopic (exact) mass is 583 g/mol. The van der Waals surface area contributed by atoms with Crippen molar-refractivity contribution in [3.05, 3.63) is 60.3 Å². The van der Waals surface area contributed by atoms with E-state index in [1.807, 2.05) is 24.3 Å². The third kappa shape index (κ3) is 31.1. The molecule has 0 rings (SSSR count). The lowest BCUT2D eigenvalue weighted by molar-refractivity contribution is -0.136. The van der Waals surface area contributed by atoms with Gasteiger partial charge in [-0.1, -0.05) is 179 Å². The zero-order valence-corrected chi connectivity index (χ0v) is 28.9. The highest BCUT2D eigenvalue weighted by molar-refractivity contribution is 5.82. The maximum atomic E-state index is 11.9. The van der Waals surface area contributed by atoms with Crippen molar-refractivity contribution >= 4 is 5.97 Å². The maximum Gasteiger partial charge on any atom is 0.331 e. The van der Waals surface area contributed by atoms with Gasteiger partial charge in [-0.15, -0.1) is 0 Å². The molecule has 0 aromatic carbocycles. The molecule has 42 heavy (non-hydrogen) atoms. The fourth-order valence-electron chi connectivity index (χ4n) is 5.26. The number of unbranched alkanes of at least 4 members (excludes halogenated alkanes) is 9. The summed E-state index contributed by atoms with van der Waals surface area (Å²) in [6.45, 7) is 14.2. The molecule has 0 aliphatic heterocycles. The third-order valence-electron chi connectivity index (χ3n) is 8.20. The molecule has 0 radical (unpaired) electrons. The topological polar surface area (TPSA) is 26.3 Å². The van der Waals surface area contributed by atoms with Gasteiger partial charge in [0.1, 0.15) is 6.61 Å². The van der Waals surface area contributed by atoms with Gasteiger partial charge in [-0.2, -0.15) is 0 Å². The van der Waals surface area contributed by atoms with E-state index in [1.54, 1.807) is 6.08 Å². The summed E-state index contributed by atoms with van der Waals surface area (Å²) in [6, 6.07) is 0. The first-order valence-electron chi connectivity index (χ1n) is 17.8. The highest BCUT2D eigenvalue weighted by Gasteiger charge is 2.07. The first-order valence-corrected chi connectivity index (χ1v) is 17.8. The van der Waals surface area contributed by atoms with Crippen LogP contribution >= 0.6 is 0 Å². The van der Waals surface area contributed by atoms with Crippen molar-refractivity contribution < 1.29 is 9.53 Å². The minimum atomic E-state index is -0.291. The minimum Gasteiger partial charge on any atom is -0.458 e. The summed E-state index contributed by atoms with van der Waals surface area (Å²) in [6.07, 6.45) is 42.8. The zero-order chi connectivity index (χ0) is 31.1. The van der Waals surface area contributed by atoms with Crippen LogP contribution in [0.25, 0.3) is 0 Å². The van der Waals surface area contributed by atoms with E-state index in [2.05, 4.69) is 59.8 Å². The molecule has 0 aromatic heterocycles. The normalized spacial score (nSPS) is 14.3. The van der Waals surface area contributed by atoms with Crippen LogP contribution in [0.5, 0.6) is 0 Å². The molecular formula is C40H70O2. The smallest absolute Gasteiger partial charge is 0.331 e. The fraction of sp³-hybridized carbons (Fsp3) is 0.725. The Labute approximate surface area is 263 Å². The van der Waals surface area contributed by atoms with E-state index >= 15 is 0 Å².